The third-order valence-corrected chi connectivity index (χ3v) is 3.53. The Morgan fingerprint density at radius 3 is 2.05 bits per heavy atom. The van der Waals surface area contributed by atoms with E-state index in [1.165, 1.54) is 0 Å². The van der Waals surface area contributed by atoms with Gasteiger partial charge in [0.15, 0.2) is 6.29 Å². The van der Waals surface area contributed by atoms with Gasteiger partial charge in [-0.1, -0.05) is 35.3 Å². The highest BCUT2D eigenvalue weighted by molar-refractivity contribution is 6.55. The molecule has 2 aromatic rings. The highest BCUT2D eigenvalue weighted by Crippen LogP contribution is 2.30. The molecule has 0 saturated heterocycles. The molecule has 2 rings (SSSR count). The fourth-order valence-corrected chi connectivity index (χ4v) is 2.17. The molecule has 0 aliphatic rings. The lowest BCUT2D eigenvalue weighted by molar-refractivity contribution is -0.103. The highest BCUT2D eigenvalue weighted by Gasteiger charge is 2.09. The van der Waals surface area contributed by atoms with E-state index in [0.29, 0.717) is 15.6 Å². The van der Waals surface area contributed by atoms with Gasteiger partial charge < -0.3 is 4.74 Å². The minimum atomic E-state index is 0.393. The first-order valence-electron chi connectivity index (χ1n) is 5.91. The average Bonchev–Trinajstić information content (AvgIpc) is 2.50. The van der Waals surface area contributed by atoms with Gasteiger partial charge >= 0.3 is 0 Å². The van der Waals surface area contributed by atoms with Crippen LogP contribution in [0, 0.1) is 0 Å². The lowest BCUT2D eigenvalue weighted by Crippen LogP contribution is -1.90. The van der Waals surface area contributed by atoms with Crippen molar-refractivity contribution >= 4 is 40.1 Å². The van der Waals surface area contributed by atoms with Crippen molar-refractivity contribution in [2.45, 2.75) is 0 Å². The van der Waals surface area contributed by atoms with Gasteiger partial charge in [-0.05, 0) is 47.5 Å². The zero-order chi connectivity index (χ0) is 14.5. The third-order valence-electron chi connectivity index (χ3n) is 2.85. The predicted molar refractivity (Wildman–Crippen MR) is 83.2 cm³/mol. The largest absolute Gasteiger partial charge is 0.497 e. The molecular formula is C16H12Cl2O2. The Morgan fingerprint density at radius 2 is 1.55 bits per heavy atom. The molecule has 0 atom stereocenters. The molecule has 0 N–H and O–H groups in total. The van der Waals surface area contributed by atoms with Gasteiger partial charge in [-0.3, -0.25) is 4.79 Å². The smallest absolute Gasteiger partial charge is 0.152 e. The normalized spacial score (nSPS) is 11.8. The number of carbonyl (C=O) groups is 1. The van der Waals surface area contributed by atoms with E-state index in [1.54, 1.807) is 55.6 Å². The summed E-state index contributed by atoms with van der Waals surface area (Å²) < 4.78 is 5.09. The fourth-order valence-electron chi connectivity index (χ4n) is 1.77. The first-order chi connectivity index (χ1) is 9.65. The zero-order valence-electron chi connectivity index (χ0n) is 10.8. The molecule has 0 aromatic heterocycles. The maximum atomic E-state index is 11.3. The Morgan fingerprint density at radius 1 is 1.00 bits per heavy atom. The SMILES string of the molecule is COc1ccc(/C(Cl)=C(/C=O)c2ccc(Cl)cc2)cc1. The second-order valence-corrected chi connectivity index (χ2v) is 4.90. The van der Waals surface area contributed by atoms with Gasteiger partial charge in [0.1, 0.15) is 5.75 Å². The van der Waals surface area contributed by atoms with Crippen LogP contribution in [0.3, 0.4) is 0 Å². The first kappa shape index (κ1) is 14.6. The van der Waals surface area contributed by atoms with Crippen LogP contribution in [0.25, 0.3) is 10.6 Å². The number of hydrogen-bond donors (Lipinski definition) is 0. The molecule has 2 aromatic carbocycles. The van der Waals surface area contributed by atoms with E-state index >= 15 is 0 Å². The van der Waals surface area contributed by atoms with E-state index in [1.807, 2.05) is 0 Å². The summed E-state index contributed by atoms with van der Waals surface area (Å²) in [4.78, 5) is 11.3. The second kappa shape index (κ2) is 6.60. The van der Waals surface area contributed by atoms with Crippen LogP contribution in [0.5, 0.6) is 5.75 Å². The molecule has 0 unspecified atom stereocenters. The van der Waals surface area contributed by atoms with E-state index in [4.69, 9.17) is 27.9 Å². The molecule has 4 heteroatoms. The molecule has 0 amide bonds. The first-order valence-corrected chi connectivity index (χ1v) is 6.66. The monoisotopic (exact) mass is 306 g/mol. The Kier molecular flexibility index (Phi) is 4.83. The molecular weight excluding hydrogens is 295 g/mol. The van der Waals surface area contributed by atoms with E-state index in [2.05, 4.69) is 0 Å². The molecule has 0 bridgehead atoms. The standard InChI is InChI=1S/C16H12Cl2O2/c1-20-14-8-4-12(5-9-14)16(18)15(10-19)11-2-6-13(17)7-3-11/h2-10H,1H3/b16-15+. The lowest BCUT2D eigenvalue weighted by Gasteiger charge is -2.07. The molecule has 0 aliphatic heterocycles. The number of ether oxygens (including phenoxy) is 1. The molecule has 2 nitrogen and oxygen atoms in total. The summed E-state index contributed by atoms with van der Waals surface area (Å²) in [7, 11) is 1.59. The van der Waals surface area contributed by atoms with E-state index in [9.17, 15) is 4.79 Å². The molecule has 0 spiro atoms. The van der Waals surface area contributed by atoms with Crippen LogP contribution >= 0.6 is 23.2 Å². The number of aldehydes is 1. The van der Waals surface area contributed by atoms with E-state index in [0.717, 1.165) is 23.2 Å². The van der Waals surface area contributed by atoms with Crippen LogP contribution in [0.15, 0.2) is 48.5 Å². The van der Waals surface area contributed by atoms with Crippen molar-refractivity contribution in [2.75, 3.05) is 7.11 Å². The number of allylic oxidation sites excluding steroid dienone is 1. The van der Waals surface area contributed by atoms with Crippen molar-refractivity contribution in [1.29, 1.82) is 0 Å². The molecule has 0 saturated carbocycles. The van der Waals surface area contributed by atoms with Gasteiger partial charge in [0.05, 0.1) is 12.1 Å². The molecule has 0 fully saturated rings. The summed E-state index contributed by atoms with van der Waals surface area (Å²) in [6, 6.07) is 14.2. The van der Waals surface area contributed by atoms with Crippen LogP contribution in [-0.2, 0) is 4.79 Å². The predicted octanol–water partition coefficient (Wildman–Crippen LogP) is 4.65. The Balaban J connectivity index is 2.45. The van der Waals surface area contributed by atoms with Gasteiger partial charge in [-0.15, -0.1) is 0 Å². The Bertz CT molecular complexity index is 629. The molecule has 0 radical (unpaired) electrons. The van der Waals surface area contributed by atoms with Crippen molar-refractivity contribution in [1.82, 2.24) is 0 Å². The van der Waals surface area contributed by atoms with E-state index in [-0.39, 0.29) is 0 Å². The summed E-state index contributed by atoms with van der Waals surface area (Å²) in [5.74, 6) is 0.734. The number of rotatable bonds is 4. The highest BCUT2D eigenvalue weighted by atomic mass is 35.5. The van der Waals surface area contributed by atoms with E-state index < -0.39 is 0 Å². The van der Waals surface area contributed by atoms with Crippen LogP contribution in [0.1, 0.15) is 11.1 Å². The molecule has 102 valence electrons. The summed E-state index contributed by atoms with van der Waals surface area (Å²) in [6.45, 7) is 0. The quantitative estimate of drug-likeness (QED) is 0.467. The van der Waals surface area contributed by atoms with Gasteiger partial charge in [0.25, 0.3) is 0 Å². The molecule has 0 aliphatic carbocycles. The lowest BCUT2D eigenvalue weighted by atomic mass is 10.0. The second-order valence-electron chi connectivity index (χ2n) is 4.08. The topological polar surface area (TPSA) is 26.3 Å². The zero-order valence-corrected chi connectivity index (χ0v) is 12.3. The number of methoxy groups -OCH3 is 1. The maximum Gasteiger partial charge on any atom is 0.152 e. The number of benzene rings is 2. The van der Waals surface area contributed by atoms with Crippen molar-refractivity contribution < 1.29 is 9.53 Å². The number of carbonyl (C=O) groups excluding carboxylic acids is 1. The maximum absolute atomic E-state index is 11.3. The number of hydrogen-bond acceptors (Lipinski definition) is 2. The third kappa shape index (κ3) is 3.21. The van der Waals surface area contributed by atoms with Crippen molar-refractivity contribution in [3.8, 4) is 5.75 Å². The van der Waals surface area contributed by atoms with Gasteiger partial charge in [-0.25, -0.2) is 0 Å². The minimum Gasteiger partial charge on any atom is -0.497 e. The van der Waals surface area contributed by atoms with Crippen molar-refractivity contribution in [3.63, 3.8) is 0 Å². The average molecular weight is 307 g/mol. The van der Waals surface area contributed by atoms with Crippen molar-refractivity contribution in [3.05, 3.63) is 64.7 Å². The molecule has 20 heavy (non-hydrogen) atoms. The fraction of sp³-hybridized carbons (Fsp3) is 0.0625. The van der Waals surface area contributed by atoms with Crippen LogP contribution in [-0.4, -0.2) is 13.4 Å². The van der Waals surface area contributed by atoms with Gasteiger partial charge in [0.2, 0.25) is 0 Å². The van der Waals surface area contributed by atoms with Gasteiger partial charge in [0, 0.05) is 10.6 Å². The number of halogens is 2. The van der Waals surface area contributed by atoms with Crippen LogP contribution in [0.2, 0.25) is 5.02 Å². The Hall–Kier alpha value is -1.77. The molecule has 0 heterocycles. The van der Waals surface area contributed by atoms with Crippen LogP contribution < -0.4 is 4.74 Å². The summed E-state index contributed by atoms with van der Waals surface area (Å²) in [5.41, 5.74) is 1.91. The Labute approximate surface area is 127 Å². The minimum absolute atomic E-state index is 0.393. The van der Waals surface area contributed by atoms with Crippen LogP contribution in [0.4, 0.5) is 0 Å². The summed E-state index contributed by atoms with van der Waals surface area (Å²) in [5, 5.41) is 1.00. The summed E-state index contributed by atoms with van der Waals surface area (Å²) in [6.07, 6.45) is 0.746. The van der Waals surface area contributed by atoms with Crippen molar-refractivity contribution in [2.24, 2.45) is 0 Å². The summed E-state index contributed by atoms with van der Waals surface area (Å²) >= 11 is 12.2. The van der Waals surface area contributed by atoms with Gasteiger partial charge in [-0.2, -0.15) is 0 Å².